The fourth-order valence-electron chi connectivity index (χ4n) is 2.39. The molecule has 0 aromatic heterocycles. The van der Waals surface area contributed by atoms with Crippen molar-refractivity contribution in [1.29, 1.82) is 0 Å². The molecule has 5 nitrogen and oxygen atoms in total. The predicted octanol–water partition coefficient (Wildman–Crippen LogP) is 1.53. The van der Waals surface area contributed by atoms with Crippen molar-refractivity contribution in [3.8, 4) is 0 Å². The van der Waals surface area contributed by atoms with E-state index in [1.54, 1.807) is 4.90 Å². The lowest BCUT2D eigenvalue weighted by molar-refractivity contribution is 0.0362. The quantitative estimate of drug-likeness (QED) is 0.641. The first-order chi connectivity index (χ1) is 9.13. The van der Waals surface area contributed by atoms with Crippen molar-refractivity contribution < 1.29 is 9.53 Å². The number of carbonyl (C=O) groups is 1. The molecule has 0 radical (unpaired) electrons. The number of rotatable bonds is 3. The predicted molar refractivity (Wildman–Crippen MR) is 74.9 cm³/mol. The number of nitrogens with one attached hydrogen (secondary N) is 1. The summed E-state index contributed by atoms with van der Waals surface area (Å²) in [5, 5.41) is 0. The third-order valence-electron chi connectivity index (χ3n) is 3.62. The molecule has 1 aliphatic rings. The van der Waals surface area contributed by atoms with Gasteiger partial charge in [0.1, 0.15) is 0 Å². The van der Waals surface area contributed by atoms with Crippen molar-refractivity contribution in [2.24, 2.45) is 5.84 Å². The third-order valence-corrected chi connectivity index (χ3v) is 3.62. The highest BCUT2D eigenvalue weighted by Crippen LogP contribution is 2.21. The van der Waals surface area contributed by atoms with E-state index in [9.17, 15) is 4.79 Å². The molecule has 0 unspecified atom stereocenters. The van der Waals surface area contributed by atoms with Gasteiger partial charge in [-0.25, -0.2) is 0 Å². The molecule has 1 heterocycles. The molecule has 1 amide bonds. The minimum Gasteiger partial charge on any atom is -0.381 e. The van der Waals surface area contributed by atoms with E-state index in [-0.39, 0.29) is 11.9 Å². The van der Waals surface area contributed by atoms with Crippen LogP contribution in [0.5, 0.6) is 0 Å². The van der Waals surface area contributed by atoms with Gasteiger partial charge in [-0.2, -0.15) is 0 Å². The van der Waals surface area contributed by atoms with Crippen LogP contribution >= 0.6 is 0 Å². The van der Waals surface area contributed by atoms with Crippen molar-refractivity contribution in [2.75, 3.05) is 25.7 Å². The zero-order valence-corrected chi connectivity index (χ0v) is 11.5. The first-order valence-electron chi connectivity index (χ1n) is 6.55. The summed E-state index contributed by atoms with van der Waals surface area (Å²) >= 11 is 0. The molecule has 0 aliphatic carbocycles. The van der Waals surface area contributed by atoms with E-state index < -0.39 is 0 Å². The van der Waals surface area contributed by atoms with Gasteiger partial charge in [-0.1, -0.05) is 6.07 Å². The van der Waals surface area contributed by atoms with Gasteiger partial charge in [0, 0.05) is 26.3 Å². The normalized spacial score (nSPS) is 16.2. The summed E-state index contributed by atoms with van der Waals surface area (Å²) in [6.07, 6.45) is 1.78. The highest BCUT2D eigenvalue weighted by Gasteiger charge is 2.24. The van der Waals surface area contributed by atoms with Crippen molar-refractivity contribution in [1.82, 2.24) is 4.90 Å². The van der Waals surface area contributed by atoms with Crippen LogP contribution in [0.3, 0.4) is 0 Å². The monoisotopic (exact) mass is 263 g/mol. The molecule has 2 rings (SSSR count). The standard InChI is InChI=1S/C14H21N3O2/c1-10-3-4-12(13(9-10)16-15)14(18)17(2)11-5-7-19-8-6-11/h3-4,9,11,16H,5-8,15H2,1-2H3. The van der Waals surface area contributed by atoms with Gasteiger partial charge < -0.3 is 15.1 Å². The van der Waals surface area contributed by atoms with Crippen molar-refractivity contribution >= 4 is 11.6 Å². The number of nitrogens with two attached hydrogens (primary N) is 1. The van der Waals surface area contributed by atoms with Crippen molar-refractivity contribution in [2.45, 2.75) is 25.8 Å². The van der Waals surface area contributed by atoms with E-state index in [1.807, 2.05) is 32.2 Å². The number of amides is 1. The molecule has 0 saturated carbocycles. The third kappa shape index (κ3) is 3.05. The molecule has 5 heteroatoms. The molecule has 0 bridgehead atoms. The number of hydrogen-bond donors (Lipinski definition) is 2. The molecule has 0 spiro atoms. The second-order valence-electron chi connectivity index (χ2n) is 4.95. The van der Waals surface area contributed by atoms with Crippen LogP contribution in [-0.4, -0.2) is 37.1 Å². The second kappa shape index (κ2) is 6.04. The van der Waals surface area contributed by atoms with Crippen LogP contribution in [0.25, 0.3) is 0 Å². The summed E-state index contributed by atoms with van der Waals surface area (Å²) in [4.78, 5) is 14.3. The Kier molecular flexibility index (Phi) is 4.39. The van der Waals surface area contributed by atoms with E-state index in [1.165, 1.54) is 0 Å². The highest BCUT2D eigenvalue weighted by molar-refractivity contribution is 5.99. The largest absolute Gasteiger partial charge is 0.381 e. The maximum Gasteiger partial charge on any atom is 0.255 e. The lowest BCUT2D eigenvalue weighted by Gasteiger charge is -2.31. The number of benzene rings is 1. The minimum absolute atomic E-state index is 0.000139. The number of nitrogen functional groups attached to an aromatic ring is 1. The molecule has 3 N–H and O–H groups in total. The van der Waals surface area contributed by atoms with E-state index in [4.69, 9.17) is 10.6 Å². The summed E-state index contributed by atoms with van der Waals surface area (Å²) in [6, 6.07) is 5.87. The second-order valence-corrected chi connectivity index (χ2v) is 4.95. The van der Waals surface area contributed by atoms with Crippen LogP contribution in [0.15, 0.2) is 18.2 Å². The lowest BCUT2D eigenvalue weighted by Crippen LogP contribution is -2.41. The van der Waals surface area contributed by atoms with Gasteiger partial charge >= 0.3 is 0 Å². The molecular weight excluding hydrogens is 242 g/mol. The van der Waals surface area contributed by atoms with E-state index >= 15 is 0 Å². The maximum atomic E-state index is 12.5. The molecule has 1 saturated heterocycles. The summed E-state index contributed by atoms with van der Waals surface area (Å²) in [7, 11) is 1.85. The number of nitrogens with zero attached hydrogens (tertiary/aromatic N) is 1. The number of hydrogen-bond acceptors (Lipinski definition) is 4. The van der Waals surface area contributed by atoms with Crippen LogP contribution in [0.2, 0.25) is 0 Å². The Morgan fingerprint density at radius 2 is 2.11 bits per heavy atom. The maximum absolute atomic E-state index is 12.5. The number of ether oxygens (including phenoxy) is 1. The molecule has 1 aromatic carbocycles. The van der Waals surface area contributed by atoms with Crippen LogP contribution in [0, 0.1) is 6.92 Å². The Morgan fingerprint density at radius 3 is 2.74 bits per heavy atom. The van der Waals surface area contributed by atoms with Gasteiger partial charge in [-0.15, -0.1) is 0 Å². The molecule has 1 fully saturated rings. The first kappa shape index (κ1) is 13.8. The number of hydrazine groups is 1. The Balaban J connectivity index is 2.18. The smallest absolute Gasteiger partial charge is 0.255 e. The van der Waals surface area contributed by atoms with Gasteiger partial charge in [-0.3, -0.25) is 10.6 Å². The van der Waals surface area contributed by atoms with Crippen molar-refractivity contribution in [3.05, 3.63) is 29.3 Å². The van der Waals surface area contributed by atoms with Crippen molar-refractivity contribution in [3.63, 3.8) is 0 Å². The average molecular weight is 263 g/mol. The van der Waals surface area contributed by atoms with Gasteiger partial charge in [0.2, 0.25) is 0 Å². The molecule has 19 heavy (non-hydrogen) atoms. The Labute approximate surface area is 113 Å². The number of carbonyl (C=O) groups excluding carboxylic acids is 1. The summed E-state index contributed by atoms with van der Waals surface area (Å²) in [5.41, 5.74) is 4.95. The van der Waals surface area contributed by atoms with Crippen LogP contribution in [-0.2, 0) is 4.74 Å². The van der Waals surface area contributed by atoms with E-state index in [0.29, 0.717) is 11.3 Å². The molecule has 1 aliphatic heterocycles. The van der Waals surface area contributed by atoms with Gasteiger partial charge in [0.15, 0.2) is 0 Å². The molecule has 1 aromatic rings. The fourth-order valence-corrected chi connectivity index (χ4v) is 2.39. The number of aryl methyl sites for hydroxylation is 1. The Hall–Kier alpha value is -1.59. The van der Waals surface area contributed by atoms with Gasteiger partial charge in [0.25, 0.3) is 5.91 Å². The van der Waals surface area contributed by atoms with E-state index in [2.05, 4.69) is 5.43 Å². The fraction of sp³-hybridized carbons (Fsp3) is 0.500. The number of anilines is 1. The first-order valence-corrected chi connectivity index (χ1v) is 6.55. The van der Waals surface area contributed by atoms with E-state index in [0.717, 1.165) is 31.6 Å². The molecular formula is C14H21N3O2. The Bertz CT molecular complexity index is 456. The zero-order chi connectivity index (χ0) is 13.8. The topological polar surface area (TPSA) is 67.6 Å². The zero-order valence-electron chi connectivity index (χ0n) is 11.5. The summed E-state index contributed by atoms with van der Waals surface area (Å²) in [6.45, 7) is 3.41. The van der Waals surface area contributed by atoms with Crippen LogP contribution in [0.1, 0.15) is 28.8 Å². The van der Waals surface area contributed by atoms with Gasteiger partial charge in [-0.05, 0) is 37.5 Å². The summed E-state index contributed by atoms with van der Waals surface area (Å²) in [5.74, 6) is 5.50. The summed E-state index contributed by atoms with van der Waals surface area (Å²) < 4.78 is 5.33. The SMILES string of the molecule is Cc1ccc(C(=O)N(C)C2CCOCC2)c(NN)c1. The lowest BCUT2D eigenvalue weighted by atomic mass is 10.0. The average Bonchev–Trinajstić information content (AvgIpc) is 2.46. The highest BCUT2D eigenvalue weighted by atomic mass is 16.5. The molecule has 0 atom stereocenters. The molecule has 104 valence electrons. The van der Waals surface area contributed by atoms with Crippen LogP contribution < -0.4 is 11.3 Å². The Morgan fingerprint density at radius 1 is 1.42 bits per heavy atom. The minimum atomic E-state index is -0.000139. The van der Waals surface area contributed by atoms with Gasteiger partial charge in [0.05, 0.1) is 11.3 Å². The van der Waals surface area contributed by atoms with Crippen LogP contribution in [0.4, 0.5) is 5.69 Å².